The third kappa shape index (κ3) is 1.64. The fourth-order valence-corrected chi connectivity index (χ4v) is 2.55. The molecule has 80 valence electrons. The minimum atomic E-state index is -0.166. The third-order valence-electron chi connectivity index (χ3n) is 3.59. The van der Waals surface area contributed by atoms with Crippen molar-refractivity contribution in [3.8, 4) is 0 Å². The summed E-state index contributed by atoms with van der Waals surface area (Å²) in [5, 5.41) is 3.47. The van der Waals surface area contributed by atoms with E-state index in [0.717, 1.165) is 19.5 Å². The van der Waals surface area contributed by atoms with Gasteiger partial charge < -0.3 is 11.1 Å². The maximum absolute atomic E-state index is 11.1. The highest BCUT2D eigenvalue weighted by molar-refractivity contribution is 5.80. The molecule has 2 aliphatic rings. The Bertz CT molecular complexity index is 225. The van der Waals surface area contributed by atoms with E-state index in [4.69, 9.17) is 5.73 Å². The van der Waals surface area contributed by atoms with E-state index in [0.29, 0.717) is 12.1 Å². The topological polar surface area (TPSA) is 58.4 Å². The van der Waals surface area contributed by atoms with Crippen molar-refractivity contribution in [1.82, 2.24) is 10.2 Å². The molecule has 2 aliphatic heterocycles. The molecule has 2 fully saturated rings. The number of rotatable bonds is 3. The van der Waals surface area contributed by atoms with E-state index < -0.39 is 0 Å². The fourth-order valence-electron chi connectivity index (χ4n) is 2.55. The predicted molar refractivity (Wildman–Crippen MR) is 54.8 cm³/mol. The number of carbonyl (C=O) groups excluding carboxylic acids is 1. The van der Waals surface area contributed by atoms with Crippen LogP contribution in [0.5, 0.6) is 0 Å². The second-order valence-electron chi connectivity index (χ2n) is 4.39. The first-order valence-electron chi connectivity index (χ1n) is 5.48. The molecule has 0 spiro atoms. The van der Waals surface area contributed by atoms with Crippen LogP contribution >= 0.6 is 0 Å². The quantitative estimate of drug-likeness (QED) is 0.652. The van der Waals surface area contributed by atoms with E-state index in [1.165, 1.54) is 12.8 Å². The zero-order valence-corrected chi connectivity index (χ0v) is 8.70. The van der Waals surface area contributed by atoms with Gasteiger partial charge in [0.15, 0.2) is 0 Å². The van der Waals surface area contributed by atoms with Gasteiger partial charge in [-0.15, -0.1) is 0 Å². The van der Waals surface area contributed by atoms with Gasteiger partial charge >= 0.3 is 0 Å². The number of hydrogen-bond donors (Lipinski definition) is 2. The Labute approximate surface area is 84.8 Å². The standard InChI is InChI=1S/C10H19N3O/c1-7(8-3-2-5-12-8)13-6-4-9(13)10(11)14/h7-9,12H,2-6H2,1H3,(H2,11,14). The molecule has 0 aromatic carbocycles. The van der Waals surface area contributed by atoms with Crippen LogP contribution in [0.3, 0.4) is 0 Å². The van der Waals surface area contributed by atoms with Gasteiger partial charge in [0.05, 0.1) is 6.04 Å². The summed E-state index contributed by atoms with van der Waals surface area (Å²) in [6.45, 7) is 4.33. The van der Waals surface area contributed by atoms with E-state index in [1.54, 1.807) is 0 Å². The molecule has 0 radical (unpaired) electrons. The first-order chi connectivity index (χ1) is 6.70. The van der Waals surface area contributed by atoms with Gasteiger partial charge in [-0.2, -0.15) is 0 Å². The summed E-state index contributed by atoms with van der Waals surface area (Å²) >= 11 is 0. The highest BCUT2D eigenvalue weighted by Gasteiger charge is 2.38. The van der Waals surface area contributed by atoms with Crippen LogP contribution in [0.2, 0.25) is 0 Å². The molecule has 4 heteroatoms. The summed E-state index contributed by atoms with van der Waals surface area (Å²) in [4.78, 5) is 13.3. The van der Waals surface area contributed by atoms with Crippen molar-refractivity contribution in [3.63, 3.8) is 0 Å². The average molecular weight is 197 g/mol. The molecule has 3 unspecified atom stereocenters. The van der Waals surface area contributed by atoms with Crippen molar-refractivity contribution in [3.05, 3.63) is 0 Å². The van der Waals surface area contributed by atoms with Gasteiger partial charge in [-0.3, -0.25) is 9.69 Å². The lowest BCUT2D eigenvalue weighted by molar-refractivity contribution is -0.129. The monoisotopic (exact) mass is 197 g/mol. The highest BCUT2D eigenvalue weighted by atomic mass is 16.1. The Morgan fingerprint density at radius 1 is 1.57 bits per heavy atom. The van der Waals surface area contributed by atoms with Gasteiger partial charge in [0.25, 0.3) is 0 Å². The second-order valence-corrected chi connectivity index (χ2v) is 4.39. The molecule has 0 saturated carbocycles. The summed E-state index contributed by atoms with van der Waals surface area (Å²) < 4.78 is 0. The van der Waals surface area contributed by atoms with Gasteiger partial charge in [-0.25, -0.2) is 0 Å². The summed E-state index contributed by atoms with van der Waals surface area (Å²) in [6.07, 6.45) is 3.42. The number of amides is 1. The number of nitrogens with one attached hydrogen (secondary N) is 1. The Balaban J connectivity index is 1.91. The number of carbonyl (C=O) groups is 1. The molecule has 0 aromatic heterocycles. The van der Waals surface area contributed by atoms with Gasteiger partial charge in [-0.1, -0.05) is 0 Å². The molecule has 4 nitrogen and oxygen atoms in total. The first kappa shape index (κ1) is 9.93. The lowest BCUT2D eigenvalue weighted by Crippen LogP contribution is -2.61. The zero-order valence-electron chi connectivity index (χ0n) is 8.70. The fraction of sp³-hybridized carbons (Fsp3) is 0.900. The molecule has 2 rings (SSSR count). The largest absolute Gasteiger partial charge is 0.368 e. The van der Waals surface area contributed by atoms with Gasteiger partial charge in [0, 0.05) is 18.6 Å². The van der Waals surface area contributed by atoms with Crippen molar-refractivity contribution >= 4 is 5.91 Å². The third-order valence-corrected chi connectivity index (χ3v) is 3.59. The Morgan fingerprint density at radius 2 is 2.36 bits per heavy atom. The van der Waals surface area contributed by atoms with E-state index in [2.05, 4.69) is 17.1 Å². The highest BCUT2D eigenvalue weighted by Crippen LogP contribution is 2.24. The van der Waals surface area contributed by atoms with Crippen LogP contribution in [0.25, 0.3) is 0 Å². The van der Waals surface area contributed by atoms with Crippen molar-refractivity contribution in [1.29, 1.82) is 0 Å². The van der Waals surface area contributed by atoms with Crippen LogP contribution < -0.4 is 11.1 Å². The van der Waals surface area contributed by atoms with E-state index in [9.17, 15) is 4.79 Å². The Kier molecular flexibility index (Phi) is 2.74. The summed E-state index contributed by atoms with van der Waals surface area (Å²) in [7, 11) is 0. The Hall–Kier alpha value is -0.610. The average Bonchev–Trinajstić information content (AvgIpc) is 2.51. The van der Waals surface area contributed by atoms with Gasteiger partial charge in [-0.05, 0) is 32.7 Å². The molecule has 1 amide bonds. The number of hydrogen-bond acceptors (Lipinski definition) is 3. The molecule has 2 heterocycles. The first-order valence-corrected chi connectivity index (χ1v) is 5.48. The maximum Gasteiger partial charge on any atom is 0.234 e. The van der Waals surface area contributed by atoms with Crippen molar-refractivity contribution in [2.75, 3.05) is 13.1 Å². The molecule has 0 aliphatic carbocycles. The molecule has 0 aromatic rings. The maximum atomic E-state index is 11.1. The molecule has 2 saturated heterocycles. The summed E-state index contributed by atoms with van der Waals surface area (Å²) in [5.41, 5.74) is 5.32. The SMILES string of the molecule is CC(C1CCCN1)N1CCC1C(N)=O. The number of primary amides is 1. The smallest absolute Gasteiger partial charge is 0.234 e. The second kappa shape index (κ2) is 3.87. The number of nitrogens with two attached hydrogens (primary N) is 1. The molecule has 0 bridgehead atoms. The van der Waals surface area contributed by atoms with Crippen LogP contribution in [0, 0.1) is 0 Å². The predicted octanol–water partition coefficient (Wildman–Crippen LogP) is -0.313. The lowest BCUT2D eigenvalue weighted by Gasteiger charge is -2.45. The molecule has 14 heavy (non-hydrogen) atoms. The van der Waals surface area contributed by atoms with Crippen LogP contribution in [0.4, 0.5) is 0 Å². The molecular weight excluding hydrogens is 178 g/mol. The van der Waals surface area contributed by atoms with E-state index in [1.807, 2.05) is 0 Å². The Morgan fingerprint density at radius 3 is 2.79 bits per heavy atom. The number of nitrogens with zero attached hydrogens (tertiary/aromatic N) is 1. The zero-order chi connectivity index (χ0) is 10.1. The van der Waals surface area contributed by atoms with E-state index >= 15 is 0 Å². The van der Waals surface area contributed by atoms with Crippen molar-refractivity contribution in [2.24, 2.45) is 5.73 Å². The minimum Gasteiger partial charge on any atom is -0.368 e. The normalized spacial score (nSPS) is 35.2. The summed E-state index contributed by atoms with van der Waals surface area (Å²) in [6, 6.07) is 0.994. The van der Waals surface area contributed by atoms with Crippen LogP contribution in [-0.4, -0.2) is 42.0 Å². The van der Waals surface area contributed by atoms with Crippen LogP contribution in [0.1, 0.15) is 26.2 Å². The van der Waals surface area contributed by atoms with Crippen molar-refractivity contribution in [2.45, 2.75) is 44.3 Å². The molecule has 3 N–H and O–H groups in total. The van der Waals surface area contributed by atoms with Gasteiger partial charge in [0.1, 0.15) is 0 Å². The lowest BCUT2D eigenvalue weighted by atomic mass is 9.95. The van der Waals surface area contributed by atoms with Crippen LogP contribution in [-0.2, 0) is 4.79 Å². The summed E-state index contributed by atoms with van der Waals surface area (Å²) in [5.74, 6) is -0.166. The minimum absolute atomic E-state index is 0.00704. The van der Waals surface area contributed by atoms with Crippen molar-refractivity contribution < 1.29 is 4.79 Å². The van der Waals surface area contributed by atoms with E-state index in [-0.39, 0.29) is 11.9 Å². The molecule has 3 atom stereocenters. The van der Waals surface area contributed by atoms with Gasteiger partial charge in [0.2, 0.25) is 5.91 Å². The van der Waals surface area contributed by atoms with Crippen LogP contribution in [0.15, 0.2) is 0 Å². The number of likely N-dealkylation sites (tertiary alicyclic amines) is 1. The molecular formula is C10H19N3O.